The highest BCUT2D eigenvalue weighted by molar-refractivity contribution is 6.22. The number of hydrogen-bond acceptors (Lipinski definition) is 5. The smallest absolute Gasteiger partial charge is 0.163 e. The zero-order chi connectivity index (χ0) is 80.0. The van der Waals surface area contributed by atoms with E-state index in [4.69, 9.17) is 24.9 Å². The molecule has 5 aromatic heterocycles. The predicted octanol–water partition coefficient (Wildman–Crippen LogP) is 29.7. The van der Waals surface area contributed by atoms with Gasteiger partial charge in [-0.15, -0.1) is 0 Å². The second-order valence-corrected chi connectivity index (χ2v) is 32.5. The van der Waals surface area contributed by atoms with Gasteiger partial charge in [-0.2, -0.15) is 0 Å². The van der Waals surface area contributed by atoms with Crippen LogP contribution in [0.2, 0.25) is 0 Å². The minimum atomic E-state index is -0.0922. The molecule has 0 radical (unpaired) electrons. The van der Waals surface area contributed by atoms with E-state index in [-0.39, 0.29) is 5.41 Å². The van der Waals surface area contributed by atoms with Crippen molar-refractivity contribution < 1.29 is 0 Å². The molecule has 1 aliphatic rings. The predicted molar refractivity (Wildman–Crippen MR) is 506 cm³/mol. The Bertz CT molecular complexity index is 8440. The molecule has 1 aliphatic carbocycles. The Kier molecular flexibility index (Phi) is 15.9. The van der Waals surface area contributed by atoms with Gasteiger partial charge in [0, 0.05) is 77.0 Å². The summed E-state index contributed by atoms with van der Waals surface area (Å²) < 4.78 is 4.94. The van der Waals surface area contributed by atoms with Crippen molar-refractivity contribution in [3.63, 3.8) is 0 Å². The SMILES string of the molecule is CC1(C)c2ccccc2-c2ccc(-c3cccc4c3c3cc5ccccc5cc3n4-c3ccc(-c4nc(-c5cccc6ccccc56)c5ccccc5n4)c4ccccc34)cc21.c1ccc(-c2ccc(-c3nc(-c4ccc(-n5c6cc7ccccc7cc6c6c(-c7ccc8ccccc8c7)cccc65)c5ccccc45)nc4ncccc34)cc2)cc1. The molecule has 19 aromatic carbocycles. The van der Waals surface area contributed by atoms with Crippen LogP contribution < -0.4 is 0 Å². The third-order valence-corrected chi connectivity index (χ3v) is 25.4. The number of rotatable bonds is 9. The highest BCUT2D eigenvalue weighted by Crippen LogP contribution is 2.52. The normalized spacial score (nSPS) is 12.4. The molecule has 7 heteroatoms. The van der Waals surface area contributed by atoms with Crippen molar-refractivity contribution in [2.45, 2.75) is 19.3 Å². The number of nitrogens with zero attached hydrogens (tertiary/aromatic N) is 7. The monoisotopic (exact) mass is 1540 g/mol. The van der Waals surface area contributed by atoms with Gasteiger partial charge in [0.05, 0.1) is 50.3 Å². The Balaban J connectivity index is 0.000000137. The molecule has 24 aromatic rings. The van der Waals surface area contributed by atoms with E-state index in [1.165, 1.54) is 126 Å². The van der Waals surface area contributed by atoms with Crippen molar-refractivity contribution in [1.82, 2.24) is 34.1 Å². The summed E-state index contributed by atoms with van der Waals surface area (Å²) in [5.41, 5.74) is 27.0. The maximum absolute atomic E-state index is 5.44. The number of para-hydroxylation sites is 1. The molecule has 0 bridgehead atoms. The zero-order valence-electron chi connectivity index (χ0n) is 66.3. The number of benzene rings is 19. The highest BCUT2D eigenvalue weighted by Gasteiger charge is 2.36. The van der Waals surface area contributed by atoms with Gasteiger partial charge in [0.25, 0.3) is 0 Å². The van der Waals surface area contributed by atoms with Crippen molar-refractivity contribution in [2.24, 2.45) is 0 Å². The van der Waals surface area contributed by atoms with E-state index in [9.17, 15) is 0 Å². The van der Waals surface area contributed by atoms with E-state index in [0.717, 1.165) is 99.4 Å². The summed E-state index contributed by atoms with van der Waals surface area (Å²) in [5, 5.41) is 21.1. The summed E-state index contributed by atoms with van der Waals surface area (Å²) in [6.45, 7) is 4.73. The first kappa shape index (κ1) is 69.5. The van der Waals surface area contributed by atoms with E-state index < -0.39 is 0 Å². The molecule has 0 amide bonds. The fraction of sp³-hybridized carbons (Fsp3) is 0.0263. The van der Waals surface area contributed by atoms with Crippen LogP contribution in [-0.2, 0) is 5.41 Å². The molecule has 564 valence electrons. The lowest BCUT2D eigenvalue weighted by Gasteiger charge is -2.22. The van der Waals surface area contributed by atoms with Crippen LogP contribution in [0.3, 0.4) is 0 Å². The summed E-state index contributed by atoms with van der Waals surface area (Å²) in [6, 6.07) is 145. The standard InChI is InChI=1S/C59H39N3.C55H34N4/c1-59(2)50-26-11-9-21-43(50)44-30-29-39(34-51(44)59)41-24-14-28-54-56(41)49-33-37-16-3-4-17-38(37)35-55(49)62(54)53-32-31-47(42-20-7-8-22-45(42)53)58-60-52-27-12-10-23-48(52)57(61-58)46-25-13-18-36-15-5-6-19-40(36)46;1-2-12-35(13-3-1)37-23-26-38(27-24-37)53-47-21-11-31-56-54(47)58-55(57-53)46-29-30-49(45-19-9-8-18-44(45)46)59-50-22-10-20-43(42-28-25-36-14-4-5-15-39(36)32-42)52(50)48-33-40-16-6-7-17-41(40)34-51(48)59/h3-35H,1-2H3;1-34H. The molecule has 7 nitrogen and oxygen atoms in total. The van der Waals surface area contributed by atoms with Crippen molar-refractivity contribution >= 4 is 130 Å². The van der Waals surface area contributed by atoms with E-state index in [2.05, 4.69) is 411 Å². The Morgan fingerprint density at radius 1 is 0.223 bits per heavy atom. The van der Waals surface area contributed by atoms with Crippen molar-refractivity contribution in [1.29, 1.82) is 0 Å². The molecule has 0 spiro atoms. The molecular formula is C114H73N7. The first-order chi connectivity index (χ1) is 59.8. The van der Waals surface area contributed by atoms with Gasteiger partial charge < -0.3 is 9.13 Å². The molecule has 0 aliphatic heterocycles. The van der Waals surface area contributed by atoms with Crippen LogP contribution in [0.4, 0.5) is 0 Å². The Morgan fingerprint density at radius 3 is 1.31 bits per heavy atom. The fourth-order valence-electron chi connectivity index (χ4n) is 19.7. The second kappa shape index (κ2) is 27.7. The van der Waals surface area contributed by atoms with Crippen LogP contribution in [0.15, 0.2) is 407 Å². The quantitative estimate of drug-likeness (QED) is 0.144. The van der Waals surface area contributed by atoms with Gasteiger partial charge in [-0.3, -0.25) is 0 Å². The summed E-state index contributed by atoms with van der Waals surface area (Å²) in [6.07, 6.45) is 1.81. The molecule has 5 heterocycles. The summed E-state index contributed by atoms with van der Waals surface area (Å²) in [4.78, 5) is 25.9. The van der Waals surface area contributed by atoms with E-state index in [0.29, 0.717) is 17.3 Å². The Morgan fingerprint density at radius 2 is 0.661 bits per heavy atom. The van der Waals surface area contributed by atoms with Crippen molar-refractivity contribution in [3.05, 3.63) is 418 Å². The van der Waals surface area contributed by atoms with E-state index in [1.807, 2.05) is 12.1 Å². The maximum Gasteiger partial charge on any atom is 0.163 e. The summed E-state index contributed by atoms with van der Waals surface area (Å²) in [5.74, 6) is 1.36. The first-order valence-corrected chi connectivity index (χ1v) is 41.5. The van der Waals surface area contributed by atoms with Crippen LogP contribution in [0.25, 0.3) is 231 Å². The zero-order valence-corrected chi connectivity index (χ0v) is 66.3. The van der Waals surface area contributed by atoms with Crippen LogP contribution >= 0.6 is 0 Å². The Hall–Kier alpha value is -15.8. The molecule has 0 saturated heterocycles. The average molecular weight is 1540 g/mol. The second-order valence-electron chi connectivity index (χ2n) is 32.5. The van der Waals surface area contributed by atoms with Crippen LogP contribution in [0.5, 0.6) is 0 Å². The Labute approximate surface area is 697 Å². The molecular weight excluding hydrogens is 1470 g/mol. The van der Waals surface area contributed by atoms with E-state index in [1.54, 1.807) is 6.20 Å². The third-order valence-electron chi connectivity index (χ3n) is 25.4. The molecule has 0 unspecified atom stereocenters. The number of aromatic nitrogens is 7. The van der Waals surface area contributed by atoms with Crippen LogP contribution in [0, 0.1) is 0 Å². The lowest BCUT2D eigenvalue weighted by molar-refractivity contribution is 0.660. The third kappa shape index (κ3) is 11.2. The lowest BCUT2D eigenvalue weighted by atomic mass is 9.81. The van der Waals surface area contributed by atoms with Crippen molar-refractivity contribution in [2.75, 3.05) is 0 Å². The molecule has 25 rings (SSSR count). The maximum atomic E-state index is 5.44. The van der Waals surface area contributed by atoms with Gasteiger partial charge >= 0.3 is 0 Å². The highest BCUT2D eigenvalue weighted by atomic mass is 15.0. The summed E-state index contributed by atoms with van der Waals surface area (Å²) >= 11 is 0. The van der Waals surface area contributed by atoms with Crippen LogP contribution in [0.1, 0.15) is 25.0 Å². The minimum Gasteiger partial charge on any atom is -0.309 e. The first-order valence-electron chi connectivity index (χ1n) is 41.5. The van der Waals surface area contributed by atoms with Gasteiger partial charge in [0.15, 0.2) is 17.3 Å². The molecule has 0 fully saturated rings. The summed E-state index contributed by atoms with van der Waals surface area (Å²) in [7, 11) is 0. The van der Waals surface area contributed by atoms with Gasteiger partial charge in [0.1, 0.15) is 0 Å². The van der Waals surface area contributed by atoms with Crippen molar-refractivity contribution in [3.8, 4) is 101 Å². The van der Waals surface area contributed by atoms with E-state index >= 15 is 0 Å². The topological polar surface area (TPSA) is 74.3 Å². The lowest BCUT2D eigenvalue weighted by Crippen LogP contribution is -2.14. The molecule has 0 atom stereocenters. The average Bonchev–Trinajstić information content (AvgIpc) is 1.56. The molecule has 0 saturated carbocycles. The van der Waals surface area contributed by atoms with Crippen LogP contribution in [-0.4, -0.2) is 34.1 Å². The largest absolute Gasteiger partial charge is 0.309 e. The number of fused-ring (bicyclic) bond motifs is 17. The van der Waals surface area contributed by atoms with Gasteiger partial charge in [-0.05, 0) is 200 Å². The van der Waals surface area contributed by atoms with Gasteiger partial charge in [-0.25, -0.2) is 24.9 Å². The minimum absolute atomic E-state index is 0.0922. The fourth-order valence-corrected chi connectivity index (χ4v) is 19.7. The molecule has 0 N–H and O–H groups in total. The number of pyridine rings is 1. The number of hydrogen-bond donors (Lipinski definition) is 0. The molecule has 121 heavy (non-hydrogen) atoms. The van der Waals surface area contributed by atoms with Gasteiger partial charge in [-0.1, -0.05) is 323 Å². The van der Waals surface area contributed by atoms with Gasteiger partial charge in [0.2, 0.25) is 0 Å².